The van der Waals surface area contributed by atoms with Gasteiger partial charge in [0, 0.05) is 0 Å². The minimum atomic E-state index is 1.25. The van der Waals surface area contributed by atoms with Gasteiger partial charge >= 0.3 is 0 Å². The predicted octanol–water partition coefficient (Wildman–Crippen LogP) is 4.86. The number of hydrogen-bond donors (Lipinski definition) is 0. The summed E-state index contributed by atoms with van der Waals surface area (Å²) < 4.78 is 0. The van der Waals surface area contributed by atoms with Gasteiger partial charge in [0.15, 0.2) is 0 Å². The molecule has 0 atom stereocenters. The molecule has 0 fully saturated rings. The van der Waals surface area contributed by atoms with Crippen LogP contribution >= 0.6 is 0 Å². The molecule has 0 aliphatic heterocycles. The Labute approximate surface area is 104 Å². The lowest BCUT2D eigenvalue weighted by Crippen LogP contribution is -1.84. The molecular weight excluding hydrogens is 204 g/mol. The summed E-state index contributed by atoms with van der Waals surface area (Å²) in [5.74, 6) is 0. The number of benzene rings is 2. The van der Waals surface area contributed by atoms with E-state index in [0.29, 0.717) is 0 Å². The van der Waals surface area contributed by atoms with Gasteiger partial charge in [0.25, 0.3) is 0 Å². The van der Waals surface area contributed by atoms with Gasteiger partial charge in [-0.3, -0.25) is 0 Å². The second kappa shape index (κ2) is 5.01. The van der Waals surface area contributed by atoms with Gasteiger partial charge in [-0.05, 0) is 37.5 Å². The van der Waals surface area contributed by atoms with Crippen LogP contribution in [0.1, 0.15) is 29.2 Å². The Morgan fingerprint density at radius 3 is 2.06 bits per heavy atom. The van der Waals surface area contributed by atoms with Gasteiger partial charge in [-0.15, -0.1) is 0 Å². The lowest BCUT2D eigenvalue weighted by Gasteiger charge is -2.05. The van der Waals surface area contributed by atoms with E-state index >= 15 is 0 Å². The Kier molecular flexibility index (Phi) is 3.43. The summed E-state index contributed by atoms with van der Waals surface area (Å²) in [5.41, 5.74) is 6.51. The molecule has 0 saturated heterocycles. The highest BCUT2D eigenvalue weighted by Crippen LogP contribution is 2.20. The third-order valence-electron chi connectivity index (χ3n) is 2.86. The molecule has 0 nitrogen and oxygen atoms in total. The van der Waals surface area contributed by atoms with Gasteiger partial charge in [0.05, 0.1) is 0 Å². The Balaban J connectivity index is 2.37. The van der Waals surface area contributed by atoms with Crippen molar-refractivity contribution in [2.75, 3.05) is 0 Å². The van der Waals surface area contributed by atoms with Crippen LogP contribution in [-0.2, 0) is 0 Å². The van der Waals surface area contributed by atoms with Crippen LogP contribution in [0.4, 0.5) is 0 Å². The van der Waals surface area contributed by atoms with E-state index in [2.05, 4.69) is 69.3 Å². The summed E-state index contributed by atoms with van der Waals surface area (Å²) in [7, 11) is 0. The van der Waals surface area contributed by atoms with E-state index in [-0.39, 0.29) is 0 Å². The van der Waals surface area contributed by atoms with E-state index < -0.39 is 0 Å². The fourth-order valence-corrected chi connectivity index (χ4v) is 2.08. The van der Waals surface area contributed by atoms with Crippen molar-refractivity contribution in [1.82, 2.24) is 0 Å². The summed E-state index contributed by atoms with van der Waals surface area (Å²) in [4.78, 5) is 0. The van der Waals surface area contributed by atoms with Crippen LogP contribution in [0.3, 0.4) is 0 Å². The highest BCUT2D eigenvalue weighted by Gasteiger charge is 1.98. The molecule has 2 aromatic rings. The molecule has 0 aromatic heterocycles. The Morgan fingerprint density at radius 2 is 1.47 bits per heavy atom. The van der Waals surface area contributed by atoms with Gasteiger partial charge in [-0.25, -0.2) is 0 Å². The average Bonchev–Trinajstić information content (AvgIpc) is 2.29. The summed E-state index contributed by atoms with van der Waals surface area (Å²) in [6, 6.07) is 17.1. The van der Waals surface area contributed by atoms with Crippen molar-refractivity contribution in [3.05, 3.63) is 70.8 Å². The molecule has 2 aromatic carbocycles. The molecule has 0 aliphatic carbocycles. The molecule has 86 valence electrons. The lowest BCUT2D eigenvalue weighted by atomic mass is 10.00. The molecule has 0 heteroatoms. The first-order chi connectivity index (χ1) is 8.15. The lowest BCUT2D eigenvalue weighted by molar-refractivity contribution is 1.36. The van der Waals surface area contributed by atoms with Crippen LogP contribution in [0.25, 0.3) is 11.6 Å². The van der Waals surface area contributed by atoms with Crippen LogP contribution in [0.5, 0.6) is 0 Å². The first-order valence-electron chi connectivity index (χ1n) is 5.97. The van der Waals surface area contributed by atoms with E-state index in [0.717, 1.165) is 0 Å². The largest absolute Gasteiger partial charge is 0.0622 e. The normalized spacial score (nSPS) is 11.6. The second-order valence-electron chi connectivity index (χ2n) is 4.61. The molecule has 0 N–H and O–H groups in total. The fraction of sp³-hybridized carbons (Fsp3) is 0.176. The SMILES string of the molecule is CC(=Cc1ccccc1)c1cc(C)cc(C)c1. The van der Waals surface area contributed by atoms with Gasteiger partial charge < -0.3 is 0 Å². The molecule has 0 heterocycles. The molecule has 0 radical (unpaired) electrons. The zero-order chi connectivity index (χ0) is 12.3. The molecule has 0 amide bonds. The van der Waals surface area contributed by atoms with Gasteiger partial charge in [-0.2, -0.15) is 0 Å². The summed E-state index contributed by atoms with van der Waals surface area (Å²) in [6.45, 7) is 6.46. The summed E-state index contributed by atoms with van der Waals surface area (Å²) >= 11 is 0. The number of rotatable bonds is 2. The van der Waals surface area contributed by atoms with Crippen LogP contribution < -0.4 is 0 Å². The number of aryl methyl sites for hydroxylation is 2. The van der Waals surface area contributed by atoms with Crippen molar-refractivity contribution in [3.8, 4) is 0 Å². The van der Waals surface area contributed by atoms with Crippen molar-refractivity contribution >= 4 is 11.6 Å². The molecule has 0 spiro atoms. The minimum absolute atomic E-state index is 1.25. The van der Waals surface area contributed by atoms with E-state index in [4.69, 9.17) is 0 Å². The second-order valence-corrected chi connectivity index (χ2v) is 4.61. The van der Waals surface area contributed by atoms with E-state index in [1.165, 1.54) is 27.8 Å². The highest BCUT2D eigenvalue weighted by atomic mass is 14.0. The zero-order valence-corrected chi connectivity index (χ0v) is 10.7. The van der Waals surface area contributed by atoms with E-state index in [9.17, 15) is 0 Å². The molecule has 0 bridgehead atoms. The minimum Gasteiger partial charge on any atom is -0.0622 e. The maximum atomic E-state index is 2.24. The maximum absolute atomic E-state index is 2.24. The van der Waals surface area contributed by atoms with Crippen molar-refractivity contribution in [1.29, 1.82) is 0 Å². The van der Waals surface area contributed by atoms with Crippen LogP contribution in [-0.4, -0.2) is 0 Å². The highest BCUT2D eigenvalue weighted by molar-refractivity contribution is 5.80. The number of allylic oxidation sites excluding steroid dienone is 1. The topological polar surface area (TPSA) is 0 Å². The quantitative estimate of drug-likeness (QED) is 0.636. The molecule has 17 heavy (non-hydrogen) atoms. The molecule has 0 saturated carbocycles. The molecule has 0 unspecified atom stereocenters. The fourth-order valence-electron chi connectivity index (χ4n) is 2.08. The van der Waals surface area contributed by atoms with E-state index in [1.54, 1.807) is 0 Å². The Hall–Kier alpha value is -1.82. The van der Waals surface area contributed by atoms with Crippen molar-refractivity contribution in [2.24, 2.45) is 0 Å². The monoisotopic (exact) mass is 222 g/mol. The molecule has 2 rings (SSSR count). The van der Waals surface area contributed by atoms with Crippen molar-refractivity contribution in [3.63, 3.8) is 0 Å². The van der Waals surface area contributed by atoms with E-state index in [1.807, 2.05) is 6.07 Å². The maximum Gasteiger partial charge on any atom is -0.0222 e. The molecular formula is C17H18. The average molecular weight is 222 g/mol. The van der Waals surface area contributed by atoms with Gasteiger partial charge in [0.1, 0.15) is 0 Å². The summed E-state index contributed by atoms with van der Waals surface area (Å²) in [6.07, 6.45) is 2.23. The standard InChI is InChI=1S/C17H18/c1-13-9-14(2)11-17(10-13)15(3)12-16-7-5-4-6-8-16/h4-12H,1-3H3. The number of hydrogen-bond acceptors (Lipinski definition) is 0. The third kappa shape index (κ3) is 3.07. The first kappa shape index (κ1) is 11.7. The molecule has 0 aliphatic rings. The Bertz CT molecular complexity index is 513. The van der Waals surface area contributed by atoms with Crippen LogP contribution in [0, 0.1) is 13.8 Å². The van der Waals surface area contributed by atoms with Crippen LogP contribution in [0.15, 0.2) is 48.5 Å². The first-order valence-corrected chi connectivity index (χ1v) is 5.97. The smallest absolute Gasteiger partial charge is 0.0222 e. The zero-order valence-electron chi connectivity index (χ0n) is 10.7. The van der Waals surface area contributed by atoms with Gasteiger partial charge in [-0.1, -0.05) is 65.7 Å². The summed E-state index contributed by atoms with van der Waals surface area (Å²) in [5, 5.41) is 0. The third-order valence-corrected chi connectivity index (χ3v) is 2.86. The van der Waals surface area contributed by atoms with Crippen molar-refractivity contribution in [2.45, 2.75) is 20.8 Å². The van der Waals surface area contributed by atoms with Crippen molar-refractivity contribution < 1.29 is 0 Å². The van der Waals surface area contributed by atoms with Crippen LogP contribution in [0.2, 0.25) is 0 Å². The van der Waals surface area contributed by atoms with Gasteiger partial charge in [0.2, 0.25) is 0 Å². The Morgan fingerprint density at radius 1 is 0.882 bits per heavy atom. The predicted molar refractivity (Wildman–Crippen MR) is 75.9 cm³/mol.